The number of nitrogens with two attached hydrogens (primary N) is 1. The Hall–Kier alpha value is -3.24. The van der Waals surface area contributed by atoms with Crippen LogP contribution in [0, 0.1) is 0 Å². The van der Waals surface area contributed by atoms with Crippen LogP contribution < -0.4 is 11.1 Å². The van der Waals surface area contributed by atoms with Gasteiger partial charge < -0.3 is 11.1 Å². The highest BCUT2D eigenvalue weighted by atomic mass is 16.1. The zero-order valence-corrected chi connectivity index (χ0v) is 14.2. The highest BCUT2D eigenvalue weighted by Crippen LogP contribution is 2.27. The van der Waals surface area contributed by atoms with E-state index in [9.17, 15) is 4.79 Å². The van der Waals surface area contributed by atoms with E-state index in [4.69, 9.17) is 5.73 Å². The highest BCUT2D eigenvalue weighted by molar-refractivity contribution is 6.01. The van der Waals surface area contributed by atoms with E-state index in [1.807, 2.05) is 66.7 Å². The lowest BCUT2D eigenvalue weighted by Crippen LogP contribution is -2.27. The van der Waals surface area contributed by atoms with Crippen molar-refractivity contribution in [3.63, 3.8) is 0 Å². The maximum Gasteiger partial charge on any atom is 0.233 e. The molecule has 0 fully saturated rings. The number of aromatic nitrogens is 1. The Morgan fingerprint density at radius 2 is 1.81 bits per heavy atom. The highest BCUT2D eigenvalue weighted by Gasteiger charge is 2.21. The molecule has 128 valence electrons. The van der Waals surface area contributed by atoms with Gasteiger partial charge in [0.2, 0.25) is 5.91 Å². The van der Waals surface area contributed by atoms with Crippen molar-refractivity contribution < 1.29 is 4.79 Å². The Morgan fingerprint density at radius 1 is 0.962 bits per heavy atom. The van der Waals surface area contributed by atoms with Crippen LogP contribution in [-0.2, 0) is 4.79 Å². The summed E-state index contributed by atoms with van der Waals surface area (Å²) < 4.78 is 0. The lowest BCUT2D eigenvalue weighted by atomic mass is 9.92. The number of amides is 1. The van der Waals surface area contributed by atoms with Crippen LogP contribution >= 0.6 is 0 Å². The van der Waals surface area contributed by atoms with Crippen molar-refractivity contribution in [2.45, 2.75) is 5.92 Å². The second-order valence-electron chi connectivity index (χ2n) is 6.28. The Labute approximate surface area is 151 Å². The molecule has 0 saturated heterocycles. The van der Waals surface area contributed by atoms with E-state index in [1.165, 1.54) is 0 Å². The Balaban J connectivity index is 1.66. The van der Waals surface area contributed by atoms with Crippen LogP contribution in [0.4, 0.5) is 5.69 Å². The average molecular weight is 341 g/mol. The van der Waals surface area contributed by atoms with E-state index in [1.54, 1.807) is 12.4 Å². The fourth-order valence-electron chi connectivity index (χ4n) is 3.32. The van der Waals surface area contributed by atoms with Gasteiger partial charge in [-0.15, -0.1) is 0 Å². The van der Waals surface area contributed by atoms with Crippen molar-refractivity contribution in [3.8, 4) is 0 Å². The number of carbonyl (C=O) groups excluding carboxylic acids is 1. The van der Waals surface area contributed by atoms with Gasteiger partial charge in [0.25, 0.3) is 0 Å². The molecule has 3 N–H and O–H groups in total. The summed E-state index contributed by atoms with van der Waals surface area (Å²) in [5, 5.41) is 7.25. The van der Waals surface area contributed by atoms with E-state index in [0.717, 1.165) is 32.8 Å². The van der Waals surface area contributed by atoms with E-state index < -0.39 is 5.92 Å². The Bertz CT molecular complexity index is 1090. The number of nitrogens with one attached hydrogen (secondary N) is 1. The van der Waals surface area contributed by atoms with E-state index in [0.29, 0.717) is 0 Å². The van der Waals surface area contributed by atoms with Crippen LogP contribution in [0.1, 0.15) is 11.5 Å². The predicted octanol–water partition coefficient (Wildman–Crippen LogP) is 4.07. The number of nitrogens with zero attached hydrogens (tertiary/aromatic N) is 1. The van der Waals surface area contributed by atoms with Gasteiger partial charge in [-0.3, -0.25) is 9.78 Å². The second kappa shape index (κ2) is 6.94. The minimum absolute atomic E-state index is 0.0998. The maximum absolute atomic E-state index is 12.9. The smallest absolute Gasteiger partial charge is 0.233 e. The Morgan fingerprint density at radius 3 is 2.69 bits per heavy atom. The van der Waals surface area contributed by atoms with Gasteiger partial charge in [-0.1, -0.05) is 48.5 Å². The molecular formula is C22H19N3O. The zero-order chi connectivity index (χ0) is 17.9. The first kappa shape index (κ1) is 16.2. The summed E-state index contributed by atoms with van der Waals surface area (Å²) in [5.41, 5.74) is 7.68. The van der Waals surface area contributed by atoms with Crippen molar-refractivity contribution in [1.82, 2.24) is 4.98 Å². The summed E-state index contributed by atoms with van der Waals surface area (Å²) in [7, 11) is 0. The monoisotopic (exact) mass is 341 g/mol. The van der Waals surface area contributed by atoms with Crippen LogP contribution in [0.3, 0.4) is 0 Å². The molecule has 4 nitrogen and oxygen atoms in total. The molecule has 0 aliphatic heterocycles. The number of rotatable bonds is 4. The first-order valence-corrected chi connectivity index (χ1v) is 8.58. The predicted molar refractivity (Wildman–Crippen MR) is 106 cm³/mol. The van der Waals surface area contributed by atoms with E-state index in [-0.39, 0.29) is 12.5 Å². The van der Waals surface area contributed by atoms with Crippen molar-refractivity contribution in [2.24, 2.45) is 5.73 Å². The summed E-state index contributed by atoms with van der Waals surface area (Å²) in [4.78, 5) is 17.0. The number of hydrogen-bond donors (Lipinski definition) is 2. The molecule has 0 aliphatic rings. The van der Waals surface area contributed by atoms with Gasteiger partial charge in [-0.2, -0.15) is 0 Å². The van der Waals surface area contributed by atoms with Crippen molar-refractivity contribution in [2.75, 3.05) is 11.9 Å². The van der Waals surface area contributed by atoms with Gasteiger partial charge in [-0.05, 0) is 39.9 Å². The standard InChI is InChI=1S/C22H19N3O/c23-13-21(20-7-3-5-15-4-1-2-6-19(15)20)22(26)25-18-9-8-17-14-24-11-10-16(17)12-18/h1-12,14,21H,13,23H2,(H,25,26). The molecule has 1 atom stereocenters. The Kier molecular flexibility index (Phi) is 4.33. The molecular weight excluding hydrogens is 322 g/mol. The molecule has 4 heteroatoms. The summed E-state index contributed by atoms with van der Waals surface area (Å²) in [6, 6.07) is 21.8. The number of fused-ring (bicyclic) bond motifs is 2. The molecule has 0 spiro atoms. The van der Waals surface area contributed by atoms with Gasteiger partial charge in [0.15, 0.2) is 0 Å². The molecule has 1 unspecified atom stereocenters. The molecule has 0 radical (unpaired) electrons. The van der Waals surface area contributed by atoms with Gasteiger partial charge >= 0.3 is 0 Å². The first-order chi connectivity index (χ1) is 12.8. The number of anilines is 1. The van der Waals surface area contributed by atoms with Crippen LogP contribution in [0.2, 0.25) is 0 Å². The van der Waals surface area contributed by atoms with Crippen molar-refractivity contribution in [1.29, 1.82) is 0 Å². The molecule has 4 aromatic rings. The third-order valence-electron chi connectivity index (χ3n) is 4.66. The van der Waals surface area contributed by atoms with Gasteiger partial charge in [0, 0.05) is 30.0 Å². The molecule has 0 bridgehead atoms. The summed E-state index contributed by atoms with van der Waals surface area (Å²) in [6.07, 6.45) is 3.55. The van der Waals surface area contributed by atoms with Gasteiger partial charge in [0.05, 0.1) is 5.92 Å². The molecule has 1 amide bonds. The van der Waals surface area contributed by atoms with Crippen LogP contribution in [-0.4, -0.2) is 17.4 Å². The fraction of sp³-hybridized carbons (Fsp3) is 0.0909. The molecule has 26 heavy (non-hydrogen) atoms. The molecule has 3 aromatic carbocycles. The van der Waals surface area contributed by atoms with Crippen molar-refractivity contribution in [3.05, 3.63) is 84.7 Å². The number of carbonyl (C=O) groups is 1. The lowest BCUT2D eigenvalue weighted by Gasteiger charge is -2.17. The SMILES string of the molecule is NCC(C(=O)Nc1ccc2cnccc2c1)c1cccc2ccccc12. The lowest BCUT2D eigenvalue weighted by molar-refractivity contribution is -0.117. The zero-order valence-electron chi connectivity index (χ0n) is 14.2. The molecule has 1 heterocycles. The largest absolute Gasteiger partial charge is 0.329 e. The van der Waals surface area contributed by atoms with Gasteiger partial charge in [0.1, 0.15) is 0 Å². The molecule has 4 rings (SSSR count). The molecule has 1 aromatic heterocycles. The molecule has 0 aliphatic carbocycles. The van der Waals surface area contributed by atoms with Crippen LogP contribution in [0.5, 0.6) is 0 Å². The maximum atomic E-state index is 12.9. The molecule has 0 saturated carbocycles. The first-order valence-electron chi connectivity index (χ1n) is 8.58. The summed E-state index contributed by atoms with van der Waals surface area (Å²) in [5.74, 6) is -0.508. The van der Waals surface area contributed by atoms with Crippen LogP contribution in [0.15, 0.2) is 79.1 Å². The normalized spacial score (nSPS) is 12.2. The fourth-order valence-corrected chi connectivity index (χ4v) is 3.32. The summed E-state index contributed by atoms with van der Waals surface area (Å²) >= 11 is 0. The van der Waals surface area contributed by atoms with Crippen molar-refractivity contribution >= 4 is 33.1 Å². The topological polar surface area (TPSA) is 68.0 Å². The third kappa shape index (κ3) is 3.03. The minimum atomic E-state index is -0.408. The summed E-state index contributed by atoms with van der Waals surface area (Å²) in [6.45, 7) is 0.247. The van der Waals surface area contributed by atoms with E-state index >= 15 is 0 Å². The quantitative estimate of drug-likeness (QED) is 0.588. The van der Waals surface area contributed by atoms with Gasteiger partial charge in [-0.25, -0.2) is 0 Å². The minimum Gasteiger partial charge on any atom is -0.329 e. The second-order valence-corrected chi connectivity index (χ2v) is 6.28. The number of pyridine rings is 1. The van der Waals surface area contributed by atoms with E-state index in [2.05, 4.69) is 10.3 Å². The average Bonchev–Trinajstić information content (AvgIpc) is 2.68. The third-order valence-corrected chi connectivity index (χ3v) is 4.66. The number of benzene rings is 3. The number of hydrogen-bond acceptors (Lipinski definition) is 3. The van der Waals surface area contributed by atoms with Crippen LogP contribution in [0.25, 0.3) is 21.5 Å².